The highest BCUT2D eigenvalue weighted by molar-refractivity contribution is 7.90. The lowest BCUT2D eigenvalue weighted by molar-refractivity contribution is 0.599. The largest absolute Gasteiger partial charge is 0.275 e. The summed E-state index contributed by atoms with van der Waals surface area (Å²) in [5.41, 5.74) is -0.209. The Kier molecular flexibility index (Phi) is 3.23. The highest BCUT2D eigenvalue weighted by Crippen LogP contribution is 2.23. The average Bonchev–Trinajstić information content (AvgIpc) is 2.32. The molecule has 7 heteroatoms. The zero-order valence-corrected chi connectivity index (χ0v) is 11.1. The van der Waals surface area contributed by atoms with Crippen molar-refractivity contribution in [2.24, 2.45) is 7.05 Å². The second-order valence-electron chi connectivity index (χ2n) is 4.09. The molecule has 0 aliphatic carbocycles. The maximum Gasteiger partial charge on any atom is 0.275 e. The second-order valence-corrected chi connectivity index (χ2v) is 6.08. The highest BCUT2D eigenvalue weighted by atomic mass is 32.2. The molecule has 0 saturated heterocycles. The van der Waals surface area contributed by atoms with E-state index < -0.39 is 21.2 Å². The van der Waals surface area contributed by atoms with Crippen molar-refractivity contribution in [2.75, 3.05) is 6.26 Å². The molecule has 0 radical (unpaired) electrons. The van der Waals surface area contributed by atoms with Crippen molar-refractivity contribution in [1.82, 2.24) is 9.78 Å². The fourth-order valence-corrected chi connectivity index (χ4v) is 2.50. The van der Waals surface area contributed by atoms with Gasteiger partial charge in [0.05, 0.1) is 11.8 Å². The van der Waals surface area contributed by atoms with Gasteiger partial charge >= 0.3 is 0 Å². The molecule has 1 heterocycles. The molecular formula is C12H11FN2O3S. The van der Waals surface area contributed by atoms with Crippen LogP contribution in [-0.4, -0.2) is 24.5 Å². The van der Waals surface area contributed by atoms with Crippen molar-refractivity contribution < 1.29 is 12.8 Å². The SMILES string of the molecule is Cn1ncc(S(C)(=O)=O)c(-c2ccc(F)cc2)c1=O. The van der Waals surface area contributed by atoms with Gasteiger partial charge < -0.3 is 0 Å². The minimum atomic E-state index is -3.60. The number of rotatable bonds is 2. The first-order valence-electron chi connectivity index (χ1n) is 5.33. The Morgan fingerprint density at radius 3 is 2.32 bits per heavy atom. The molecule has 2 aromatic rings. The Balaban J connectivity index is 2.85. The fraction of sp³-hybridized carbons (Fsp3) is 0.167. The van der Waals surface area contributed by atoms with Gasteiger partial charge in [0.15, 0.2) is 9.84 Å². The van der Waals surface area contributed by atoms with E-state index in [2.05, 4.69) is 5.10 Å². The molecule has 19 heavy (non-hydrogen) atoms. The number of aromatic nitrogens is 2. The van der Waals surface area contributed by atoms with Crippen molar-refractivity contribution in [3.05, 3.63) is 46.6 Å². The molecule has 0 N–H and O–H groups in total. The first kappa shape index (κ1) is 13.4. The van der Waals surface area contributed by atoms with Crippen LogP contribution in [0.25, 0.3) is 11.1 Å². The highest BCUT2D eigenvalue weighted by Gasteiger charge is 2.19. The topological polar surface area (TPSA) is 69.0 Å². The van der Waals surface area contributed by atoms with Gasteiger partial charge in [0.1, 0.15) is 10.7 Å². The first-order chi connectivity index (χ1) is 8.80. The number of halogens is 1. The van der Waals surface area contributed by atoms with Crippen LogP contribution in [0.4, 0.5) is 4.39 Å². The lowest BCUT2D eigenvalue weighted by atomic mass is 10.1. The molecule has 0 fully saturated rings. The van der Waals surface area contributed by atoms with Gasteiger partial charge in [0.25, 0.3) is 5.56 Å². The molecule has 0 atom stereocenters. The standard InChI is InChI=1S/C12H11FN2O3S/c1-15-12(16)11(8-3-5-9(13)6-4-8)10(7-14-15)19(2,17)18/h3-7H,1-2H3. The molecule has 100 valence electrons. The van der Waals surface area contributed by atoms with Crippen LogP contribution in [0.3, 0.4) is 0 Å². The van der Waals surface area contributed by atoms with Gasteiger partial charge in [-0.2, -0.15) is 5.10 Å². The van der Waals surface area contributed by atoms with Crippen LogP contribution in [0, 0.1) is 5.82 Å². The predicted molar refractivity (Wildman–Crippen MR) is 68.0 cm³/mol. The summed E-state index contributed by atoms with van der Waals surface area (Å²) in [4.78, 5) is 11.9. The summed E-state index contributed by atoms with van der Waals surface area (Å²) in [6.45, 7) is 0. The molecule has 1 aromatic heterocycles. The van der Waals surface area contributed by atoms with Crippen LogP contribution in [0.1, 0.15) is 0 Å². The van der Waals surface area contributed by atoms with E-state index in [1.807, 2.05) is 0 Å². The molecule has 0 aliphatic heterocycles. The molecule has 0 unspecified atom stereocenters. The van der Waals surface area contributed by atoms with Crippen LogP contribution < -0.4 is 5.56 Å². The molecule has 0 amide bonds. The quantitative estimate of drug-likeness (QED) is 0.823. The van der Waals surface area contributed by atoms with Gasteiger partial charge in [0, 0.05) is 13.3 Å². The van der Waals surface area contributed by atoms with Gasteiger partial charge in [-0.1, -0.05) is 12.1 Å². The third-order valence-electron chi connectivity index (χ3n) is 2.63. The second kappa shape index (κ2) is 4.58. The van der Waals surface area contributed by atoms with Crippen molar-refractivity contribution in [3.63, 3.8) is 0 Å². The Morgan fingerprint density at radius 1 is 1.21 bits per heavy atom. The Bertz CT molecular complexity index is 780. The lowest BCUT2D eigenvalue weighted by Crippen LogP contribution is -2.23. The van der Waals surface area contributed by atoms with Crippen molar-refractivity contribution in [2.45, 2.75) is 4.90 Å². The Labute approximate surface area is 109 Å². The van der Waals surface area contributed by atoms with Gasteiger partial charge in [-0.3, -0.25) is 4.79 Å². The van der Waals surface area contributed by atoms with Gasteiger partial charge in [-0.15, -0.1) is 0 Å². The van der Waals surface area contributed by atoms with Gasteiger partial charge in [-0.25, -0.2) is 17.5 Å². The Hall–Kier alpha value is -2.02. The van der Waals surface area contributed by atoms with E-state index in [-0.39, 0.29) is 10.5 Å². The number of hydrogen-bond donors (Lipinski definition) is 0. The van der Waals surface area contributed by atoms with Gasteiger partial charge in [-0.05, 0) is 17.7 Å². The molecule has 0 aliphatic rings. The van der Waals surface area contributed by atoms with E-state index >= 15 is 0 Å². The van der Waals surface area contributed by atoms with E-state index in [0.717, 1.165) is 17.1 Å². The van der Waals surface area contributed by atoms with Gasteiger partial charge in [0.2, 0.25) is 0 Å². The molecule has 0 bridgehead atoms. The van der Waals surface area contributed by atoms with Crippen LogP contribution >= 0.6 is 0 Å². The summed E-state index contributed by atoms with van der Waals surface area (Å²) in [5.74, 6) is -0.462. The third-order valence-corrected chi connectivity index (χ3v) is 3.74. The van der Waals surface area contributed by atoms with E-state index in [9.17, 15) is 17.6 Å². The average molecular weight is 282 g/mol. The molecular weight excluding hydrogens is 271 g/mol. The summed E-state index contributed by atoms with van der Waals surface area (Å²) < 4.78 is 37.3. The first-order valence-corrected chi connectivity index (χ1v) is 7.22. The summed E-state index contributed by atoms with van der Waals surface area (Å²) in [6, 6.07) is 5.06. The van der Waals surface area contributed by atoms with Crippen LogP contribution in [0.15, 0.2) is 40.2 Å². The van der Waals surface area contributed by atoms with Crippen molar-refractivity contribution in [1.29, 1.82) is 0 Å². The number of nitrogens with zero attached hydrogens (tertiary/aromatic N) is 2. The summed E-state index contributed by atoms with van der Waals surface area (Å²) >= 11 is 0. The fourth-order valence-electron chi connectivity index (χ4n) is 1.69. The van der Waals surface area contributed by atoms with E-state index in [0.29, 0.717) is 5.56 Å². The zero-order chi connectivity index (χ0) is 14.2. The van der Waals surface area contributed by atoms with Crippen LogP contribution in [0.2, 0.25) is 0 Å². The van der Waals surface area contributed by atoms with Crippen LogP contribution in [0.5, 0.6) is 0 Å². The molecule has 5 nitrogen and oxygen atoms in total. The maximum atomic E-state index is 12.9. The summed E-state index contributed by atoms with van der Waals surface area (Å²) in [7, 11) is -2.18. The van der Waals surface area contributed by atoms with E-state index in [1.54, 1.807) is 0 Å². The minimum absolute atomic E-state index is 0.000000000000000222. The maximum absolute atomic E-state index is 12.9. The molecule has 0 spiro atoms. The van der Waals surface area contributed by atoms with Crippen LogP contribution in [-0.2, 0) is 16.9 Å². The minimum Gasteiger partial charge on any atom is -0.267 e. The normalized spacial score (nSPS) is 11.5. The van der Waals surface area contributed by atoms with E-state index in [1.165, 1.54) is 31.3 Å². The predicted octanol–water partition coefficient (Wildman–Crippen LogP) is 0.990. The molecule has 2 rings (SSSR count). The monoisotopic (exact) mass is 282 g/mol. The number of hydrogen-bond acceptors (Lipinski definition) is 4. The Morgan fingerprint density at radius 2 is 1.79 bits per heavy atom. The summed E-state index contributed by atoms with van der Waals surface area (Å²) in [6.07, 6.45) is 2.12. The summed E-state index contributed by atoms with van der Waals surface area (Å²) in [5, 5.41) is 3.70. The van der Waals surface area contributed by atoms with Crippen molar-refractivity contribution in [3.8, 4) is 11.1 Å². The number of aryl methyl sites for hydroxylation is 1. The lowest BCUT2D eigenvalue weighted by Gasteiger charge is -2.08. The smallest absolute Gasteiger partial charge is 0.267 e. The molecule has 1 aromatic carbocycles. The number of sulfone groups is 1. The number of benzene rings is 1. The van der Waals surface area contributed by atoms with Crippen molar-refractivity contribution >= 4 is 9.84 Å². The van der Waals surface area contributed by atoms with E-state index in [4.69, 9.17) is 0 Å². The third kappa shape index (κ3) is 2.55. The molecule has 0 saturated carbocycles. The zero-order valence-electron chi connectivity index (χ0n) is 10.3.